The van der Waals surface area contributed by atoms with Crippen LogP contribution in [0.4, 0.5) is 0 Å². The van der Waals surface area contributed by atoms with Crippen molar-refractivity contribution in [3.05, 3.63) is 41.5 Å². The maximum Gasteiger partial charge on any atom is 0.223 e. The van der Waals surface area contributed by atoms with Crippen LogP contribution in [0, 0.1) is 5.92 Å². The van der Waals surface area contributed by atoms with E-state index in [0.717, 1.165) is 19.6 Å². The minimum Gasteiger partial charge on any atom is -0.349 e. The first kappa shape index (κ1) is 25.0. The van der Waals surface area contributed by atoms with Crippen molar-refractivity contribution in [2.75, 3.05) is 33.7 Å². The molecule has 0 spiro atoms. The van der Waals surface area contributed by atoms with Crippen molar-refractivity contribution in [3.8, 4) is 0 Å². The van der Waals surface area contributed by atoms with E-state index in [-0.39, 0.29) is 30.7 Å². The van der Waals surface area contributed by atoms with E-state index in [1.54, 1.807) is 4.90 Å². The highest BCUT2D eigenvalue weighted by Crippen LogP contribution is 2.38. The van der Waals surface area contributed by atoms with E-state index in [9.17, 15) is 4.79 Å². The van der Waals surface area contributed by atoms with Crippen molar-refractivity contribution in [2.45, 2.75) is 44.7 Å². The summed E-state index contributed by atoms with van der Waals surface area (Å²) in [6.45, 7) is 5.38. The maximum atomic E-state index is 11.7. The minimum atomic E-state index is 0. The van der Waals surface area contributed by atoms with Crippen molar-refractivity contribution < 1.29 is 4.79 Å². The summed E-state index contributed by atoms with van der Waals surface area (Å²) in [5.41, 5.74) is 2.80. The molecule has 6 heteroatoms. The van der Waals surface area contributed by atoms with Gasteiger partial charge in [0.1, 0.15) is 0 Å². The molecule has 1 aromatic rings. The van der Waals surface area contributed by atoms with Gasteiger partial charge in [-0.3, -0.25) is 4.79 Å². The van der Waals surface area contributed by atoms with E-state index in [1.807, 2.05) is 14.1 Å². The van der Waals surface area contributed by atoms with Crippen LogP contribution in [-0.4, -0.2) is 61.5 Å². The number of piperidine rings is 1. The van der Waals surface area contributed by atoms with Crippen LogP contribution in [0.25, 0.3) is 6.08 Å². The highest BCUT2D eigenvalue weighted by atomic mass is 35.5. The largest absolute Gasteiger partial charge is 0.349 e. The molecular formula is C22H35Cl2N3O. The third-order valence-electron chi connectivity index (χ3n) is 5.75. The van der Waals surface area contributed by atoms with Gasteiger partial charge >= 0.3 is 0 Å². The number of halogens is 2. The Morgan fingerprint density at radius 2 is 1.82 bits per heavy atom. The van der Waals surface area contributed by atoms with Crippen molar-refractivity contribution >= 4 is 36.8 Å². The normalized spacial score (nSPS) is 22.8. The van der Waals surface area contributed by atoms with Crippen molar-refractivity contribution in [2.24, 2.45) is 5.92 Å². The van der Waals surface area contributed by atoms with Crippen molar-refractivity contribution in [1.82, 2.24) is 15.1 Å². The average Bonchev–Trinajstić information content (AvgIpc) is 3.41. The molecule has 1 amide bonds. The molecule has 1 unspecified atom stereocenters. The lowest BCUT2D eigenvalue weighted by Crippen LogP contribution is -2.44. The molecule has 1 heterocycles. The second-order valence-electron chi connectivity index (χ2n) is 8.07. The molecule has 0 bridgehead atoms. The zero-order valence-corrected chi connectivity index (χ0v) is 18.9. The van der Waals surface area contributed by atoms with Gasteiger partial charge in [0.05, 0.1) is 0 Å². The van der Waals surface area contributed by atoms with Gasteiger partial charge in [-0.2, -0.15) is 0 Å². The smallest absolute Gasteiger partial charge is 0.223 e. The molecule has 1 N–H and O–H groups in total. The van der Waals surface area contributed by atoms with Crippen LogP contribution in [-0.2, 0) is 4.79 Å². The van der Waals surface area contributed by atoms with Crippen LogP contribution in [0.15, 0.2) is 35.9 Å². The van der Waals surface area contributed by atoms with Crippen LogP contribution < -0.4 is 5.32 Å². The van der Waals surface area contributed by atoms with Gasteiger partial charge in [0.25, 0.3) is 0 Å². The van der Waals surface area contributed by atoms with E-state index in [0.29, 0.717) is 24.4 Å². The van der Waals surface area contributed by atoms with Gasteiger partial charge in [0.2, 0.25) is 5.91 Å². The molecule has 28 heavy (non-hydrogen) atoms. The Bertz CT molecular complexity index is 628. The second-order valence-corrected chi connectivity index (χ2v) is 8.07. The summed E-state index contributed by atoms with van der Waals surface area (Å²) in [7, 11) is 3.66. The number of carbonyl (C=O) groups excluding carboxylic acids is 1. The monoisotopic (exact) mass is 427 g/mol. The number of likely N-dealkylation sites (tertiary alicyclic amines) is 1. The molecule has 0 aromatic heterocycles. The zero-order valence-electron chi connectivity index (χ0n) is 17.3. The number of amides is 1. The Morgan fingerprint density at radius 1 is 1.18 bits per heavy atom. The SMILES string of the molecule is CC(=Cc1ccccc1)C1C[C@@H]1NC1CCN(CCC(=O)N(C)C)CC1.Cl.Cl. The summed E-state index contributed by atoms with van der Waals surface area (Å²) < 4.78 is 0. The lowest BCUT2D eigenvalue weighted by molar-refractivity contribution is -0.129. The van der Waals surface area contributed by atoms with Gasteiger partial charge in [-0.15, -0.1) is 24.8 Å². The molecule has 2 atom stereocenters. The molecule has 1 saturated carbocycles. The van der Waals surface area contributed by atoms with Crippen molar-refractivity contribution in [1.29, 1.82) is 0 Å². The molecule has 2 aliphatic rings. The fourth-order valence-corrected chi connectivity index (χ4v) is 3.90. The van der Waals surface area contributed by atoms with E-state index in [2.05, 4.69) is 53.5 Å². The first-order valence-corrected chi connectivity index (χ1v) is 9.94. The Balaban J connectivity index is 0.00000196. The first-order chi connectivity index (χ1) is 12.5. The van der Waals surface area contributed by atoms with Crippen LogP contribution in [0.1, 0.15) is 38.2 Å². The van der Waals surface area contributed by atoms with Gasteiger partial charge in [-0.1, -0.05) is 42.0 Å². The fourth-order valence-electron chi connectivity index (χ4n) is 3.90. The second kappa shape index (κ2) is 11.8. The number of hydrogen-bond donors (Lipinski definition) is 1. The van der Waals surface area contributed by atoms with E-state index in [1.165, 1.54) is 30.4 Å². The molecule has 2 fully saturated rings. The predicted octanol–water partition coefficient (Wildman–Crippen LogP) is 3.85. The third-order valence-corrected chi connectivity index (χ3v) is 5.75. The molecule has 1 aliphatic carbocycles. The van der Waals surface area contributed by atoms with Crippen LogP contribution in [0.5, 0.6) is 0 Å². The molecule has 1 aliphatic heterocycles. The molecule has 1 aromatic carbocycles. The lowest BCUT2D eigenvalue weighted by atomic mass is 10.0. The first-order valence-electron chi connectivity index (χ1n) is 9.94. The summed E-state index contributed by atoms with van der Waals surface area (Å²) in [6, 6.07) is 11.9. The Labute approximate surface area is 182 Å². The third kappa shape index (κ3) is 7.40. The van der Waals surface area contributed by atoms with Gasteiger partial charge in [-0.05, 0) is 50.8 Å². The summed E-state index contributed by atoms with van der Waals surface area (Å²) in [6.07, 6.45) is 6.63. The van der Waals surface area contributed by atoms with Crippen molar-refractivity contribution in [3.63, 3.8) is 0 Å². The number of nitrogens with one attached hydrogen (secondary N) is 1. The summed E-state index contributed by atoms with van der Waals surface area (Å²) in [5.74, 6) is 0.928. The molecule has 0 radical (unpaired) electrons. The Morgan fingerprint density at radius 3 is 2.43 bits per heavy atom. The van der Waals surface area contributed by atoms with Crippen LogP contribution >= 0.6 is 24.8 Å². The number of benzene rings is 1. The maximum absolute atomic E-state index is 11.7. The summed E-state index contributed by atoms with van der Waals surface area (Å²) in [5, 5.41) is 3.87. The Kier molecular flexibility index (Phi) is 10.5. The predicted molar refractivity (Wildman–Crippen MR) is 122 cm³/mol. The number of nitrogens with zero attached hydrogens (tertiary/aromatic N) is 2. The van der Waals surface area contributed by atoms with E-state index < -0.39 is 0 Å². The van der Waals surface area contributed by atoms with E-state index >= 15 is 0 Å². The van der Waals surface area contributed by atoms with E-state index in [4.69, 9.17) is 0 Å². The molecule has 1 saturated heterocycles. The molecule has 4 nitrogen and oxygen atoms in total. The zero-order chi connectivity index (χ0) is 18.5. The van der Waals surface area contributed by atoms with Crippen LogP contribution in [0.3, 0.4) is 0 Å². The summed E-state index contributed by atoms with van der Waals surface area (Å²) in [4.78, 5) is 15.8. The number of hydrogen-bond acceptors (Lipinski definition) is 3. The minimum absolute atomic E-state index is 0. The average molecular weight is 428 g/mol. The quantitative estimate of drug-likeness (QED) is 0.717. The Hall–Kier alpha value is -1.07. The van der Waals surface area contributed by atoms with Gasteiger partial charge < -0.3 is 15.1 Å². The highest BCUT2D eigenvalue weighted by Gasteiger charge is 2.39. The van der Waals surface area contributed by atoms with Gasteiger partial charge in [0.15, 0.2) is 0 Å². The number of carbonyl (C=O) groups is 1. The highest BCUT2D eigenvalue weighted by molar-refractivity contribution is 5.85. The standard InChI is InChI=1S/C22H33N3O.2ClH/c1-17(15-18-7-5-4-6-8-18)20-16-21(20)23-19-9-12-25(13-10-19)14-11-22(26)24(2)3;;/h4-8,15,19-21,23H,9-14,16H2,1-3H3;2*1H/t20?,21-;;/m0../s1. The van der Waals surface area contributed by atoms with Gasteiger partial charge in [0, 0.05) is 39.1 Å². The topological polar surface area (TPSA) is 35.6 Å². The van der Waals surface area contributed by atoms with Gasteiger partial charge in [-0.25, -0.2) is 0 Å². The lowest BCUT2D eigenvalue weighted by Gasteiger charge is -2.32. The summed E-state index contributed by atoms with van der Waals surface area (Å²) >= 11 is 0. The fraction of sp³-hybridized carbons (Fsp3) is 0.591. The molecule has 3 rings (SSSR count). The molecular weight excluding hydrogens is 393 g/mol. The van der Waals surface area contributed by atoms with Crippen LogP contribution in [0.2, 0.25) is 0 Å². The molecule has 158 valence electrons. The number of rotatable bonds is 7.